The minimum absolute atomic E-state index is 0.214. The van der Waals surface area contributed by atoms with Crippen LogP contribution in [0.1, 0.15) is 52.2 Å². The van der Waals surface area contributed by atoms with Crippen LogP contribution in [0.15, 0.2) is 42.5 Å². The van der Waals surface area contributed by atoms with E-state index >= 15 is 0 Å². The molecule has 1 fully saturated rings. The SMILES string of the molecule is O=C(NCc1ccccc1Cl)c1cccc(C(=O)NC2CCCC2)n1. The summed E-state index contributed by atoms with van der Waals surface area (Å²) in [5.74, 6) is -0.567. The number of nitrogens with one attached hydrogen (secondary N) is 2. The predicted molar refractivity (Wildman–Crippen MR) is 96.6 cm³/mol. The fourth-order valence-electron chi connectivity index (χ4n) is 2.92. The molecule has 0 bridgehead atoms. The fraction of sp³-hybridized carbons (Fsp3) is 0.316. The predicted octanol–water partition coefficient (Wildman–Crippen LogP) is 3.34. The van der Waals surface area contributed by atoms with Gasteiger partial charge in [0.1, 0.15) is 11.4 Å². The summed E-state index contributed by atoms with van der Waals surface area (Å²) < 4.78 is 0. The minimum Gasteiger partial charge on any atom is -0.348 e. The van der Waals surface area contributed by atoms with E-state index in [1.54, 1.807) is 24.3 Å². The number of aromatic nitrogens is 1. The Morgan fingerprint density at radius 2 is 1.68 bits per heavy atom. The van der Waals surface area contributed by atoms with Gasteiger partial charge in [0, 0.05) is 17.6 Å². The molecule has 0 unspecified atom stereocenters. The molecule has 1 aromatic carbocycles. The second kappa shape index (κ2) is 8.12. The van der Waals surface area contributed by atoms with Crippen LogP contribution in [-0.2, 0) is 6.54 Å². The van der Waals surface area contributed by atoms with Gasteiger partial charge in [-0.2, -0.15) is 0 Å². The second-order valence-corrected chi connectivity index (χ2v) is 6.54. The van der Waals surface area contributed by atoms with E-state index in [2.05, 4.69) is 15.6 Å². The third-order valence-corrected chi connectivity index (χ3v) is 4.67. The van der Waals surface area contributed by atoms with Crippen molar-refractivity contribution in [3.63, 3.8) is 0 Å². The van der Waals surface area contributed by atoms with Crippen LogP contribution in [0.2, 0.25) is 5.02 Å². The Hall–Kier alpha value is -2.40. The third-order valence-electron chi connectivity index (χ3n) is 4.30. The van der Waals surface area contributed by atoms with E-state index in [1.165, 1.54) is 0 Å². The number of nitrogens with zero attached hydrogens (tertiary/aromatic N) is 1. The summed E-state index contributed by atoms with van der Waals surface area (Å²) in [4.78, 5) is 28.8. The molecular formula is C19H20ClN3O2. The van der Waals surface area contributed by atoms with Crippen LogP contribution in [-0.4, -0.2) is 22.8 Å². The molecule has 130 valence electrons. The lowest BCUT2D eigenvalue weighted by Gasteiger charge is -2.12. The summed E-state index contributed by atoms with van der Waals surface area (Å²) in [5, 5.41) is 6.35. The van der Waals surface area contributed by atoms with Gasteiger partial charge in [-0.05, 0) is 36.6 Å². The van der Waals surface area contributed by atoms with Crippen LogP contribution in [0, 0.1) is 0 Å². The van der Waals surface area contributed by atoms with Crippen LogP contribution in [0.4, 0.5) is 0 Å². The summed E-state index contributed by atoms with van der Waals surface area (Å²) in [6, 6.07) is 12.4. The second-order valence-electron chi connectivity index (χ2n) is 6.14. The maximum absolute atomic E-state index is 12.3. The molecule has 2 amide bonds. The number of hydrogen-bond donors (Lipinski definition) is 2. The normalized spacial score (nSPS) is 14.3. The molecule has 1 aliphatic carbocycles. The Labute approximate surface area is 151 Å². The van der Waals surface area contributed by atoms with E-state index in [4.69, 9.17) is 11.6 Å². The first kappa shape index (κ1) is 17.4. The number of halogens is 1. The van der Waals surface area contributed by atoms with Crippen LogP contribution < -0.4 is 10.6 Å². The van der Waals surface area contributed by atoms with E-state index in [9.17, 15) is 9.59 Å². The maximum atomic E-state index is 12.3. The van der Waals surface area contributed by atoms with Gasteiger partial charge in [0.2, 0.25) is 0 Å². The van der Waals surface area contributed by atoms with Crippen LogP contribution in [0.3, 0.4) is 0 Å². The molecule has 1 saturated carbocycles. The lowest BCUT2D eigenvalue weighted by molar-refractivity contribution is 0.0931. The van der Waals surface area contributed by atoms with E-state index in [0.29, 0.717) is 11.6 Å². The molecule has 0 aliphatic heterocycles. The highest BCUT2D eigenvalue weighted by Crippen LogP contribution is 2.18. The monoisotopic (exact) mass is 357 g/mol. The van der Waals surface area contributed by atoms with Gasteiger partial charge in [0.05, 0.1) is 0 Å². The van der Waals surface area contributed by atoms with Crippen molar-refractivity contribution in [2.75, 3.05) is 0 Å². The summed E-state index contributed by atoms with van der Waals surface area (Å²) in [5.41, 5.74) is 1.30. The van der Waals surface area contributed by atoms with Gasteiger partial charge < -0.3 is 10.6 Å². The average molecular weight is 358 g/mol. The van der Waals surface area contributed by atoms with E-state index < -0.39 is 0 Å². The molecule has 0 atom stereocenters. The lowest BCUT2D eigenvalue weighted by atomic mass is 10.2. The van der Waals surface area contributed by atoms with Gasteiger partial charge in [-0.25, -0.2) is 4.98 Å². The van der Waals surface area contributed by atoms with Crippen molar-refractivity contribution >= 4 is 23.4 Å². The summed E-state index contributed by atoms with van der Waals surface area (Å²) >= 11 is 6.08. The highest BCUT2D eigenvalue weighted by atomic mass is 35.5. The van der Waals surface area contributed by atoms with Crippen molar-refractivity contribution in [3.05, 3.63) is 64.4 Å². The van der Waals surface area contributed by atoms with Gasteiger partial charge in [0.25, 0.3) is 11.8 Å². The lowest BCUT2D eigenvalue weighted by Crippen LogP contribution is -2.33. The molecule has 5 nitrogen and oxygen atoms in total. The van der Waals surface area contributed by atoms with Gasteiger partial charge in [-0.3, -0.25) is 9.59 Å². The summed E-state index contributed by atoms with van der Waals surface area (Å²) in [6.07, 6.45) is 4.29. The number of amides is 2. The molecule has 6 heteroatoms. The number of hydrogen-bond acceptors (Lipinski definition) is 3. The first-order chi connectivity index (χ1) is 12.1. The van der Waals surface area contributed by atoms with Crippen molar-refractivity contribution in [3.8, 4) is 0 Å². The molecule has 2 aromatic rings. The molecular weight excluding hydrogens is 338 g/mol. The third kappa shape index (κ3) is 4.57. The van der Waals surface area contributed by atoms with Crippen molar-refractivity contribution in [2.45, 2.75) is 38.3 Å². The number of carbonyl (C=O) groups is 2. The zero-order valence-electron chi connectivity index (χ0n) is 13.8. The molecule has 3 rings (SSSR count). The Balaban J connectivity index is 1.63. The topological polar surface area (TPSA) is 71.1 Å². The largest absolute Gasteiger partial charge is 0.348 e. The Morgan fingerprint density at radius 3 is 2.40 bits per heavy atom. The molecule has 1 aromatic heterocycles. The highest BCUT2D eigenvalue weighted by Gasteiger charge is 2.19. The van der Waals surface area contributed by atoms with Gasteiger partial charge in [-0.1, -0.05) is 48.7 Å². The average Bonchev–Trinajstić information content (AvgIpc) is 3.14. The molecule has 0 saturated heterocycles. The smallest absolute Gasteiger partial charge is 0.270 e. The summed E-state index contributed by atoms with van der Waals surface area (Å²) in [7, 11) is 0. The summed E-state index contributed by atoms with van der Waals surface area (Å²) in [6.45, 7) is 0.304. The molecule has 25 heavy (non-hydrogen) atoms. The van der Waals surface area contributed by atoms with Crippen LogP contribution in [0.25, 0.3) is 0 Å². The standard InChI is InChI=1S/C19H20ClN3O2/c20-15-9-4-1-6-13(15)12-21-18(24)16-10-5-11-17(23-16)19(25)22-14-7-2-3-8-14/h1,4-6,9-11,14H,2-3,7-8,12H2,(H,21,24)(H,22,25). The first-order valence-corrected chi connectivity index (χ1v) is 8.81. The quantitative estimate of drug-likeness (QED) is 0.862. The van der Waals surface area contributed by atoms with Crippen LogP contribution >= 0.6 is 11.6 Å². The minimum atomic E-state index is -0.338. The zero-order valence-corrected chi connectivity index (χ0v) is 14.6. The van der Waals surface area contributed by atoms with E-state index in [1.807, 2.05) is 18.2 Å². The Kier molecular flexibility index (Phi) is 5.66. The Morgan fingerprint density at radius 1 is 1.00 bits per heavy atom. The van der Waals surface area contributed by atoms with E-state index in [-0.39, 0.29) is 29.2 Å². The van der Waals surface area contributed by atoms with Crippen molar-refractivity contribution in [1.82, 2.24) is 15.6 Å². The maximum Gasteiger partial charge on any atom is 0.270 e. The van der Waals surface area contributed by atoms with Gasteiger partial charge >= 0.3 is 0 Å². The van der Waals surface area contributed by atoms with Crippen LogP contribution in [0.5, 0.6) is 0 Å². The van der Waals surface area contributed by atoms with Crippen molar-refractivity contribution < 1.29 is 9.59 Å². The highest BCUT2D eigenvalue weighted by molar-refractivity contribution is 6.31. The first-order valence-electron chi connectivity index (χ1n) is 8.43. The van der Waals surface area contributed by atoms with Crippen molar-refractivity contribution in [1.29, 1.82) is 0 Å². The number of pyridine rings is 1. The number of carbonyl (C=O) groups excluding carboxylic acids is 2. The Bertz CT molecular complexity index is 773. The van der Waals surface area contributed by atoms with Gasteiger partial charge in [-0.15, -0.1) is 0 Å². The fourth-order valence-corrected chi connectivity index (χ4v) is 3.13. The molecule has 1 aliphatic rings. The molecule has 0 spiro atoms. The number of rotatable bonds is 5. The van der Waals surface area contributed by atoms with E-state index in [0.717, 1.165) is 31.2 Å². The molecule has 1 heterocycles. The molecule has 0 radical (unpaired) electrons. The number of benzene rings is 1. The van der Waals surface area contributed by atoms with Crippen molar-refractivity contribution in [2.24, 2.45) is 0 Å². The van der Waals surface area contributed by atoms with Gasteiger partial charge in [0.15, 0.2) is 0 Å². The zero-order chi connectivity index (χ0) is 17.6. The molecule has 2 N–H and O–H groups in total.